The number of hydrogen-bond donors (Lipinski definition) is 0. The van der Waals surface area contributed by atoms with Crippen LogP contribution in [-0.2, 0) is 0 Å². The van der Waals surface area contributed by atoms with Crippen molar-refractivity contribution in [3.05, 3.63) is 72.9 Å². The van der Waals surface area contributed by atoms with E-state index in [1.165, 1.54) is 59.1 Å². The van der Waals surface area contributed by atoms with E-state index in [2.05, 4.69) is 81.0 Å². The van der Waals surface area contributed by atoms with Crippen molar-refractivity contribution in [1.82, 2.24) is 0 Å². The van der Waals surface area contributed by atoms with Gasteiger partial charge in [-0.2, -0.15) is 0 Å². The molecule has 168 valence electrons. The Hall–Kier alpha value is -1.56. The summed E-state index contributed by atoms with van der Waals surface area (Å²) in [5.74, 6) is 4.02. The van der Waals surface area contributed by atoms with Gasteiger partial charge in [0.2, 0.25) is 0 Å². The fourth-order valence-electron chi connectivity index (χ4n) is 4.70. The predicted molar refractivity (Wildman–Crippen MR) is 138 cm³/mol. The smallest absolute Gasteiger partial charge is 0.00266 e. The zero-order valence-corrected chi connectivity index (χ0v) is 20.9. The third-order valence-corrected chi connectivity index (χ3v) is 7.42. The van der Waals surface area contributed by atoms with Gasteiger partial charge in [0.25, 0.3) is 0 Å². The second kappa shape index (κ2) is 11.7. The minimum absolute atomic E-state index is 0.566. The van der Waals surface area contributed by atoms with Crippen LogP contribution in [0, 0.1) is 35.5 Å². The summed E-state index contributed by atoms with van der Waals surface area (Å²) < 4.78 is 0. The predicted octanol–water partition coefficient (Wildman–Crippen LogP) is 9.49. The Morgan fingerprint density at radius 2 is 0.633 bits per heavy atom. The van der Waals surface area contributed by atoms with Gasteiger partial charge in [-0.05, 0) is 74.0 Å². The summed E-state index contributed by atoms with van der Waals surface area (Å²) in [7, 11) is 0. The van der Waals surface area contributed by atoms with Crippen LogP contribution in [0.1, 0.15) is 80.1 Å². The molecule has 0 radical (unpaired) electrons. The topological polar surface area (TPSA) is 0 Å². The summed E-state index contributed by atoms with van der Waals surface area (Å²) in [6, 6.07) is 0. The van der Waals surface area contributed by atoms with Crippen molar-refractivity contribution < 1.29 is 0 Å². The number of hydrogen-bond acceptors (Lipinski definition) is 0. The highest BCUT2D eigenvalue weighted by atomic mass is 14.3. The maximum atomic E-state index is 4.04. The first-order valence-corrected chi connectivity index (χ1v) is 11.9. The van der Waals surface area contributed by atoms with Crippen molar-refractivity contribution >= 4 is 0 Å². The summed E-state index contributed by atoms with van der Waals surface area (Å²) >= 11 is 0. The molecule has 0 heterocycles. The van der Waals surface area contributed by atoms with Crippen LogP contribution in [0.4, 0.5) is 0 Å². The van der Waals surface area contributed by atoms with Crippen LogP contribution in [-0.4, -0.2) is 0 Å². The molecule has 2 atom stereocenters. The molecular formula is C30H48. The van der Waals surface area contributed by atoms with Gasteiger partial charge in [0.05, 0.1) is 0 Å². The molecule has 3 aliphatic rings. The van der Waals surface area contributed by atoms with E-state index in [-0.39, 0.29) is 0 Å². The Labute approximate surface area is 188 Å². The molecular weight excluding hydrogens is 360 g/mol. The van der Waals surface area contributed by atoms with Crippen LogP contribution >= 0.6 is 0 Å². The number of allylic oxidation sites excluding steroid dienone is 6. The summed E-state index contributed by atoms with van der Waals surface area (Å²) in [6.45, 7) is 37.6. The number of rotatable bonds is 0. The van der Waals surface area contributed by atoms with Crippen molar-refractivity contribution in [2.24, 2.45) is 35.5 Å². The van der Waals surface area contributed by atoms with E-state index in [4.69, 9.17) is 0 Å². The molecule has 0 nitrogen and oxygen atoms in total. The van der Waals surface area contributed by atoms with Crippen molar-refractivity contribution in [3.63, 3.8) is 0 Å². The van der Waals surface area contributed by atoms with E-state index in [1.54, 1.807) is 0 Å². The molecule has 0 saturated heterocycles. The largest absolute Gasteiger partial charge is 0.0996 e. The van der Waals surface area contributed by atoms with Crippen LogP contribution in [0.5, 0.6) is 0 Å². The zero-order chi connectivity index (χ0) is 23.2. The van der Waals surface area contributed by atoms with Gasteiger partial charge in [0.15, 0.2) is 0 Å². The standard InChI is InChI=1S/3C10H16/c1-7-5-9(3)10(4)6-8(7)2;2*1-7-5-8(2)10(4)9(3)6-7/h8-9H,1,4-6H2,2-3H3;2*7,10H,2-3,5-6H2,1,4H3. The van der Waals surface area contributed by atoms with Gasteiger partial charge in [0.1, 0.15) is 0 Å². The van der Waals surface area contributed by atoms with E-state index in [1.807, 2.05) is 0 Å². The van der Waals surface area contributed by atoms with E-state index in [0.29, 0.717) is 23.7 Å². The highest BCUT2D eigenvalue weighted by Crippen LogP contribution is 2.36. The van der Waals surface area contributed by atoms with Gasteiger partial charge in [-0.15, -0.1) is 0 Å². The van der Waals surface area contributed by atoms with Gasteiger partial charge < -0.3 is 0 Å². The third kappa shape index (κ3) is 7.93. The van der Waals surface area contributed by atoms with Crippen LogP contribution in [0.15, 0.2) is 72.9 Å². The Morgan fingerprint density at radius 3 is 0.867 bits per heavy atom. The average molecular weight is 409 g/mol. The van der Waals surface area contributed by atoms with Gasteiger partial charge in [-0.3, -0.25) is 0 Å². The third-order valence-electron chi connectivity index (χ3n) is 7.42. The fourth-order valence-corrected chi connectivity index (χ4v) is 4.70. The fraction of sp³-hybridized carbons (Fsp3) is 0.600. The molecule has 0 aliphatic heterocycles. The maximum absolute atomic E-state index is 4.04. The molecule has 0 spiro atoms. The monoisotopic (exact) mass is 408 g/mol. The van der Waals surface area contributed by atoms with Gasteiger partial charge in [-0.25, -0.2) is 0 Å². The molecule has 0 aromatic heterocycles. The molecule has 3 saturated carbocycles. The quantitative estimate of drug-likeness (QED) is 0.350. The van der Waals surface area contributed by atoms with E-state index in [0.717, 1.165) is 24.7 Å². The Bertz CT molecular complexity index is 589. The molecule has 3 rings (SSSR count). The highest BCUT2D eigenvalue weighted by molar-refractivity contribution is 5.21. The first kappa shape index (κ1) is 26.5. The molecule has 0 amide bonds. The van der Waals surface area contributed by atoms with Crippen LogP contribution in [0.25, 0.3) is 0 Å². The second-order valence-electron chi connectivity index (χ2n) is 10.6. The minimum Gasteiger partial charge on any atom is -0.0996 e. The molecule has 0 aromatic carbocycles. The molecule has 30 heavy (non-hydrogen) atoms. The lowest BCUT2D eigenvalue weighted by Crippen LogP contribution is -2.14. The van der Waals surface area contributed by atoms with E-state index in [9.17, 15) is 0 Å². The van der Waals surface area contributed by atoms with E-state index >= 15 is 0 Å². The maximum Gasteiger partial charge on any atom is -0.00266 e. The molecule has 0 aromatic rings. The van der Waals surface area contributed by atoms with Gasteiger partial charge in [-0.1, -0.05) is 114 Å². The average Bonchev–Trinajstić information content (AvgIpc) is 2.63. The van der Waals surface area contributed by atoms with Gasteiger partial charge >= 0.3 is 0 Å². The first-order chi connectivity index (χ1) is 13.8. The Kier molecular flexibility index (Phi) is 10.4. The molecule has 0 bridgehead atoms. The van der Waals surface area contributed by atoms with Crippen LogP contribution < -0.4 is 0 Å². The molecule has 3 aliphatic carbocycles. The Balaban J connectivity index is 0.000000225. The summed E-state index contributed by atoms with van der Waals surface area (Å²) in [5, 5.41) is 0. The SMILES string of the molecule is C=C1CC(C)C(=C)CC1C.C=C1CC(C)CC(=C)C1C.C=C1CC(C)CC(=C)C1C. The molecule has 3 fully saturated rings. The van der Waals surface area contributed by atoms with Crippen molar-refractivity contribution in [2.45, 2.75) is 80.1 Å². The van der Waals surface area contributed by atoms with Crippen molar-refractivity contribution in [2.75, 3.05) is 0 Å². The lowest BCUT2D eigenvalue weighted by Gasteiger charge is -2.28. The molecule has 0 heteroatoms. The second-order valence-corrected chi connectivity index (χ2v) is 10.6. The molecule has 0 N–H and O–H groups in total. The lowest BCUT2D eigenvalue weighted by molar-refractivity contribution is 0.476. The lowest BCUT2D eigenvalue weighted by atomic mass is 9.78. The van der Waals surface area contributed by atoms with E-state index < -0.39 is 0 Å². The highest BCUT2D eigenvalue weighted by Gasteiger charge is 2.22. The van der Waals surface area contributed by atoms with Crippen LogP contribution in [0.3, 0.4) is 0 Å². The summed E-state index contributed by atoms with van der Waals surface area (Å²) in [6.07, 6.45) is 7.08. The summed E-state index contributed by atoms with van der Waals surface area (Å²) in [5.41, 5.74) is 8.26. The van der Waals surface area contributed by atoms with Gasteiger partial charge in [0, 0.05) is 0 Å². The van der Waals surface area contributed by atoms with Crippen molar-refractivity contribution in [3.8, 4) is 0 Å². The van der Waals surface area contributed by atoms with Crippen molar-refractivity contribution in [1.29, 1.82) is 0 Å². The Morgan fingerprint density at radius 1 is 0.400 bits per heavy atom. The van der Waals surface area contributed by atoms with Crippen LogP contribution in [0.2, 0.25) is 0 Å². The summed E-state index contributed by atoms with van der Waals surface area (Å²) in [4.78, 5) is 0. The minimum atomic E-state index is 0.566. The molecule has 2 unspecified atom stereocenters. The normalized spacial score (nSPS) is 34.6. The first-order valence-electron chi connectivity index (χ1n) is 11.9. The zero-order valence-electron chi connectivity index (χ0n) is 20.9.